The van der Waals surface area contributed by atoms with E-state index >= 15 is 0 Å². The van der Waals surface area contributed by atoms with Gasteiger partial charge in [-0.15, -0.1) is 0 Å². The van der Waals surface area contributed by atoms with Crippen LogP contribution in [-0.4, -0.2) is 50.8 Å². The van der Waals surface area contributed by atoms with Crippen LogP contribution in [0, 0.1) is 0 Å². The maximum atomic E-state index is 5.84. The van der Waals surface area contributed by atoms with E-state index in [1.165, 1.54) is 0 Å². The Morgan fingerprint density at radius 1 is 0.962 bits per heavy atom. The molecule has 0 saturated carbocycles. The number of piperidine rings is 1. The van der Waals surface area contributed by atoms with Gasteiger partial charge in [-0.1, -0.05) is 19.1 Å². The summed E-state index contributed by atoms with van der Waals surface area (Å²) in [5.41, 5.74) is 0. The lowest BCUT2D eigenvalue weighted by atomic mass is 10.1. The number of nitrogens with zero attached hydrogens (tertiary/aromatic N) is 1. The summed E-state index contributed by atoms with van der Waals surface area (Å²) in [5.74, 6) is 0. The first-order chi connectivity index (χ1) is 12.9. The van der Waals surface area contributed by atoms with E-state index in [1.807, 2.05) is 25.7 Å². The van der Waals surface area contributed by atoms with Crippen LogP contribution in [0.15, 0.2) is 49.2 Å². The van der Waals surface area contributed by atoms with Crippen molar-refractivity contribution >= 4 is 0 Å². The monoisotopic (exact) mass is 362 g/mol. The lowest BCUT2D eigenvalue weighted by molar-refractivity contribution is 0.0827. The molecule has 1 aliphatic heterocycles. The summed E-state index contributed by atoms with van der Waals surface area (Å²) in [7, 11) is 1.96. The van der Waals surface area contributed by atoms with Crippen LogP contribution in [-0.2, 0) is 4.74 Å². The smallest absolute Gasteiger partial charge is 0.101 e. The fourth-order valence-electron chi connectivity index (χ4n) is 2.57. The van der Waals surface area contributed by atoms with Crippen molar-refractivity contribution in [1.82, 2.24) is 20.9 Å². The second kappa shape index (κ2) is 16.6. The molecule has 5 heteroatoms. The molecule has 0 amide bonds. The summed E-state index contributed by atoms with van der Waals surface area (Å²) in [4.78, 5) is 2.39. The number of nitrogens with one attached hydrogen (secondary N) is 3. The van der Waals surface area contributed by atoms with Crippen molar-refractivity contribution in [3.05, 3.63) is 49.2 Å². The lowest BCUT2D eigenvalue weighted by Crippen LogP contribution is -2.32. The Morgan fingerprint density at radius 2 is 1.73 bits per heavy atom. The molecule has 1 rings (SSSR count). The number of likely N-dealkylation sites (tertiary alicyclic amines) is 1. The standard InChI is InChI=1S/C21H38N4O/c1-3-4-17-25-18-10-21(11-19-25)26-20-8-7-14-24-16-9-15-23-13-6-5-12-22-2/h4,6,8-9,13,16-17,20-24H,3,5,7,10-12,14-15,18-19H2,1-2H3. The van der Waals surface area contributed by atoms with Gasteiger partial charge in [-0.25, -0.2) is 0 Å². The van der Waals surface area contributed by atoms with E-state index in [9.17, 15) is 0 Å². The molecule has 0 atom stereocenters. The van der Waals surface area contributed by atoms with Crippen LogP contribution in [0.2, 0.25) is 0 Å². The van der Waals surface area contributed by atoms with E-state index in [4.69, 9.17) is 4.74 Å². The van der Waals surface area contributed by atoms with Gasteiger partial charge in [0.25, 0.3) is 0 Å². The molecule has 0 aromatic heterocycles. The largest absolute Gasteiger partial charge is 0.498 e. The highest BCUT2D eigenvalue weighted by molar-refractivity contribution is 4.88. The highest BCUT2D eigenvalue weighted by atomic mass is 16.5. The van der Waals surface area contributed by atoms with Crippen molar-refractivity contribution in [3.8, 4) is 0 Å². The molecule has 0 spiro atoms. The van der Waals surface area contributed by atoms with Gasteiger partial charge in [0.2, 0.25) is 0 Å². The van der Waals surface area contributed by atoms with E-state index in [-0.39, 0.29) is 0 Å². The quantitative estimate of drug-likeness (QED) is 0.327. The van der Waals surface area contributed by atoms with Gasteiger partial charge in [-0.05, 0) is 63.6 Å². The van der Waals surface area contributed by atoms with Gasteiger partial charge in [0.15, 0.2) is 0 Å². The highest BCUT2D eigenvalue weighted by Crippen LogP contribution is 2.14. The van der Waals surface area contributed by atoms with E-state index in [0.717, 1.165) is 64.8 Å². The van der Waals surface area contributed by atoms with E-state index in [2.05, 4.69) is 58.3 Å². The van der Waals surface area contributed by atoms with Crippen molar-refractivity contribution in [3.63, 3.8) is 0 Å². The first-order valence-corrected chi connectivity index (χ1v) is 9.99. The van der Waals surface area contributed by atoms with Crippen LogP contribution in [0.3, 0.4) is 0 Å². The summed E-state index contributed by atoms with van der Waals surface area (Å²) in [6.45, 7) is 7.15. The normalized spacial score (nSPS) is 16.5. The van der Waals surface area contributed by atoms with E-state index in [1.54, 1.807) is 0 Å². The SMILES string of the molecule is CCC=CN1CCC(OC=CCCNC=CCNC=CCCNC)CC1. The number of hydrogen-bond acceptors (Lipinski definition) is 5. The van der Waals surface area contributed by atoms with Gasteiger partial charge in [-0.3, -0.25) is 0 Å². The third kappa shape index (κ3) is 12.5. The molecule has 0 radical (unpaired) electrons. The fraction of sp³-hybridized carbons (Fsp3) is 0.619. The Hall–Kier alpha value is -1.88. The summed E-state index contributed by atoms with van der Waals surface area (Å²) in [5, 5.41) is 9.63. The van der Waals surface area contributed by atoms with Crippen molar-refractivity contribution < 1.29 is 4.74 Å². The summed E-state index contributed by atoms with van der Waals surface area (Å²) < 4.78 is 5.84. The average Bonchev–Trinajstić information content (AvgIpc) is 2.67. The molecule has 1 heterocycles. The van der Waals surface area contributed by atoms with Crippen LogP contribution in [0.5, 0.6) is 0 Å². The number of rotatable bonds is 14. The van der Waals surface area contributed by atoms with Gasteiger partial charge in [0.05, 0.1) is 6.26 Å². The van der Waals surface area contributed by atoms with Gasteiger partial charge >= 0.3 is 0 Å². The van der Waals surface area contributed by atoms with Crippen molar-refractivity contribution in [2.75, 3.05) is 39.8 Å². The first-order valence-electron chi connectivity index (χ1n) is 9.99. The minimum atomic E-state index is 0.373. The molecule has 1 saturated heterocycles. The van der Waals surface area contributed by atoms with Gasteiger partial charge in [0, 0.05) is 39.0 Å². The van der Waals surface area contributed by atoms with Crippen molar-refractivity contribution in [2.45, 2.75) is 45.1 Å². The Kier molecular flexibility index (Phi) is 14.1. The molecule has 0 aromatic carbocycles. The molecule has 5 nitrogen and oxygen atoms in total. The zero-order chi connectivity index (χ0) is 18.7. The summed E-state index contributed by atoms with van der Waals surface area (Å²) in [6, 6.07) is 0. The highest BCUT2D eigenvalue weighted by Gasteiger charge is 2.16. The van der Waals surface area contributed by atoms with Crippen LogP contribution < -0.4 is 16.0 Å². The Morgan fingerprint density at radius 3 is 2.50 bits per heavy atom. The molecular formula is C21H38N4O. The second-order valence-corrected chi connectivity index (χ2v) is 6.38. The van der Waals surface area contributed by atoms with Gasteiger partial charge in [-0.2, -0.15) is 0 Å². The third-order valence-corrected chi connectivity index (χ3v) is 4.12. The topological polar surface area (TPSA) is 48.6 Å². The van der Waals surface area contributed by atoms with E-state index < -0.39 is 0 Å². The lowest BCUT2D eigenvalue weighted by Gasteiger charge is -2.30. The zero-order valence-corrected chi connectivity index (χ0v) is 16.6. The molecule has 1 aliphatic rings. The van der Waals surface area contributed by atoms with Crippen molar-refractivity contribution in [2.24, 2.45) is 0 Å². The second-order valence-electron chi connectivity index (χ2n) is 6.38. The fourth-order valence-corrected chi connectivity index (χ4v) is 2.57. The van der Waals surface area contributed by atoms with Gasteiger partial charge in [0.1, 0.15) is 6.10 Å². The first kappa shape index (κ1) is 22.2. The van der Waals surface area contributed by atoms with Crippen molar-refractivity contribution in [1.29, 1.82) is 0 Å². The molecular weight excluding hydrogens is 324 g/mol. The van der Waals surface area contributed by atoms with Crippen LogP contribution in [0.25, 0.3) is 0 Å². The van der Waals surface area contributed by atoms with Crippen LogP contribution >= 0.6 is 0 Å². The summed E-state index contributed by atoms with van der Waals surface area (Å²) in [6.07, 6.45) is 22.4. The third-order valence-electron chi connectivity index (χ3n) is 4.12. The maximum absolute atomic E-state index is 5.84. The Bertz CT molecular complexity index is 424. The Balaban J connectivity index is 1.93. The van der Waals surface area contributed by atoms with E-state index in [0.29, 0.717) is 6.10 Å². The molecule has 1 fully saturated rings. The van der Waals surface area contributed by atoms with Crippen LogP contribution in [0.4, 0.5) is 0 Å². The molecule has 0 bridgehead atoms. The van der Waals surface area contributed by atoms with Gasteiger partial charge < -0.3 is 25.6 Å². The maximum Gasteiger partial charge on any atom is 0.101 e. The average molecular weight is 363 g/mol. The molecule has 3 N–H and O–H groups in total. The predicted octanol–water partition coefficient (Wildman–Crippen LogP) is 3.11. The minimum Gasteiger partial charge on any atom is -0.498 e. The Labute approximate surface area is 160 Å². The number of ether oxygens (including phenoxy) is 1. The zero-order valence-electron chi connectivity index (χ0n) is 16.6. The number of allylic oxidation sites excluding steroid dienone is 1. The van der Waals surface area contributed by atoms with Crippen LogP contribution in [0.1, 0.15) is 39.0 Å². The summed E-state index contributed by atoms with van der Waals surface area (Å²) >= 11 is 0. The molecule has 0 aliphatic carbocycles. The molecule has 26 heavy (non-hydrogen) atoms. The molecule has 148 valence electrons. The predicted molar refractivity (Wildman–Crippen MR) is 112 cm³/mol. The molecule has 0 aromatic rings. The minimum absolute atomic E-state index is 0.373. The molecule has 0 unspecified atom stereocenters. The number of hydrogen-bond donors (Lipinski definition) is 3.